The van der Waals surface area contributed by atoms with Gasteiger partial charge in [-0.05, 0) is 91.3 Å². The molecule has 0 unspecified atom stereocenters. The molecule has 6 rings (SSSR count). The fourth-order valence-electron chi connectivity index (χ4n) is 5.07. The maximum absolute atomic E-state index is 2.45. The highest BCUT2D eigenvalue weighted by atomic mass is 32.1. The quantitative estimate of drug-likeness (QED) is 0.298. The van der Waals surface area contributed by atoms with Gasteiger partial charge >= 0.3 is 0 Å². The molecule has 2 aromatic heterocycles. The second-order valence-corrected chi connectivity index (χ2v) is 10.6. The van der Waals surface area contributed by atoms with E-state index in [9.17, 15) is 0 Å². The fraction of sp³-hybridized carbons (Fsp3) is 0.250. The first-order valence-corrected chi connectivity index (χ1v) is 10.9. The van der Waals surface area contributed by atoms with Crippen molar-refractivity contribution in [1.29, 1.82) is 0 Å². The summed E-state index contributed by atoms with van der Waals surface area (Å²) in [6, 6.07) is 14.4. The Labute approximate surface area is 162 Å². The van der Waals surface area contributed by atoms with Crippen LogP contribution in [0.25, 0.3) is 31.7 Å². The summed E-state index contributed by atoms with van der Waals surface area (Å²) < 4.78 is 0. The molecular formula is C24H20S2. The van der Waals surface area contributed by atoms with Gasteiger partial charge in [-0.1, -0.05) is 27.7 Å². The Morgan fingerprint density at radius 3 is 1.42 bits per heavy atom. The van der Waals surface area contributed by atoms with Gasteiger partial charge in [0.1, 0.15) is 0 Å². The molecule has 0 bridgehead atoms. The van der Waals surface area contributed by atoms with Crippen LogP contribution in [0.3, 0.4) is 0 Å². The van der Waals surface area contributed by atoms with Crippen LogP contribution in [-0.4, -0.2) is 0 Å². The van der Waals surface area contributed by atoms with Crippen LogP contribution in [0.15, 0.2) is 47.2 Å². The van der Waals surface area contributed by atoms with E-state index < -0.39 is 0 Å². The largest absolute Gasteiger partial charge is 0.143 e. The highest BCUT2D eigenvalue weighted by molar-refractivity contribution is 7.14. The van der Waals surface area contributed by atoms with Crippen LogP contribution in [0.4, 0.5) is 0 Å². The molecular weight excluding hydrogens is 352 g/mol. The molecule has 2 heterocycles. The van der Waals surface area contributed by atoms with Gasteiger partial charge in [0.25, 0.3) is 0 Å². The molecule has 26 heavy (non-hydrogen) atoms. The average Bonchev–Trinajstić information content (AvgIpc) is 3.33. The third-order valence-corrected chi connectivity index (χ3v) is 8.52. The molecule has 2 heteroatoms. The lowest BCUT2D eigenvalue weighted by Gasteiger charge is -2.22. The van der Waals surface area contributed by atoms with Crippen LogP contribution in [0, 0.1) is 0 Å². The van der Waals surface area contributed by atoms with Crippen molar-refractivity contribution in [1.82, 2.24) is 0 Å². The molecule has 0 aliphatic heterocycles. The van der Waals surface area contributed by atoms with Crippen molar-refractivity contribution < 1.29 is 0 Å². The zero-order valence-corrected chi connectivity index (χ0v) is 17.1. The average molecular weight is 373 g/mol. The lowest BCUT2D eigenvalue weighted by molar-refractivity contribution is 0.661. The topological polar surface area (TPSA) is 0 Å². The molecule has 0 amide bonds. The van der Waals surface area contributed by atoms with Gasteiger partial charge in [-0.3, -0.25) is 0 Å². The van der Waals surface area contributed by atoms with Crippen molar-refractivity contribution in [2.75, 3.05) is 0 Å². The van der Waals surface area contributed by atoms with E-state index in [-0.39, 0.29) is 10.8 Å². The third-order valence-electron chi connectivity index (χ3n) is 6.63. The van der Waals surface area contributed by atoms with E-state index in [1.807, 2.05) is 22.7 Å². The van der Waals surface area contributed by atoms with E-state index in [1.54, 1.807) is 0 Å². The minimum atomic E-state index is 0.102. The monoisotopic (exact) mass is 372 g/mol. The van der Waals surface area contributed by atoms with Crippen molar-refractivity contribution in [2.24, 2.45) is 0 Å². The van der Waals surface area contributed by atoms with Crippen LogP contribution in [0.5, 0.6) is 0 Å². The van der Waals surface area contributed by atoms with Gasteiger partial charge in [0.2, 0.25) is 0 Å². The Hall–Kier alpha value is -1.90. The second-order valence-electron chi connectivity index (χ2n) is 8.72. The first-order chi connectivity index (χ1) is 12.4. The number of benzene rings is 2. The minimum absolute atomic E-state index is 0.102. The Morgan fingerprint density at radius 2 is 1.00 bits per heavy atom. The van der Waals surface area contributed by atoms with Crippen LogP contribution in [0.1, 0.15) is 49.9 Å². The van der Waals surface area contributed by atoms with Crippen molar-refractivity contribution in [3.05, 3.63) is 69.4 Å². The van der Waals surface area contributed by atoms with Gasteiger partial charge in [0.05, 0.1) is 0 Å². The van der Waals surface area contributed by atoms with Gasteiger partial charge in [0, 0.05) is 20.6 Å². The summed E-state index contributed by atoms with van der Waals surface area (Å²) in [6.07, 6.45) is 0. The molecule has 0 fully saturated rings. The van der Waals surface area contributed by atoms with Gasteiger partial charge < -0.3 is 0 Å². The molecule has 2 aliphatic carbocycles. The molecule has 0 atom stereocenters. The first kappa shape index (κ1) is 15.2. The third kappa shape index (κ3) is 1.61. The highest BCUT2D eigenvalue weighted by Crippen LogP contribution is 2.55. The summed E-state index contributed by atoms with van der Waals surface area (Å²) in [4.78, 5) is 2.93. The SMILES string of the molecule is CC1(C)c2cc3cc4c(cc3cc2-c2sccc21)C(C)(C)c1ccsc1-4. The Balaban J connectivity index is 1.69. The van der Waals surface area contributed by atoms with Crippen LogP contribution in [-0.2, 0) is 10.8 Å². The van der Waals surface area contributed by atoms with E-state index in [0.717, 1.165) is 0 Å². The Bertz CT molecular complexity index is 1130. The van der Waals surface area contributed by atoms with Crippen molar-refractivity contribution >= 4 is 33.4 Å². The zero-order valence-electron chi connectivity index (χ0n) is 15.4. The molecule has 0 saturated carbocycles. The minimum Gasteiger partial charge on any atom is -0.143 e. The predicted octanol–water partition coefficient (Wildman–Crippen LogP) is 7.58. The van der Waals surface area contributed by atoms with E-state index in [0.29, 0.717) is 0 Å². The summed E-state index contributed by atoms with van der Waals surface area (Å²) in [5, 5.41) is 7.23. The highest BCUT2D eigenvalue weighted by Gasteiger charge is 2.39. The zero-order chi connectivity index (χ0) is 17.8. The van der Waals surface area contributed by atoms with Crippen LogP contribution < -0.4 is 0 Å². The number of fused-ring (bicyclic) bond motifs is 7. The van der Waals surface area contributed by atoms with E-state index in [2.05, 4.69) is 74.9 Å². The van der Waals surface area contributed by atoms with Crippen molar-refractivity contribution in [2.45, 2.75) is 38.5 Å². The Morgan fingerprint density at radius 1 is 0.577 bits per heavy atom. The van der Waals surface area contributed by atoms with Crippen LogP contribution in [0.2, 0.25) is 0 Å². The molecule has 128 valence electrons. The number of hydrogen-bond donors (Lipinski definition) is 0. The standard InChI is InChI=1S/C24H20S2/c1-23(2)17-5-7-25-21(17)15-9-14-12-20-16(10-13(14)11-19(15)23)22-18(6-8-26-22)24(20,3)4/h5-12H,1-4H3. The predicted molar refractivity (Wildman–Crippen MR) is 115 cm³/mol. The molecule has 2 aliphatic rings. The van der Waals surface area contributed by atoms with Gasteiger partial charge in [-0.2, -0.15) is 0 Å². The summed E-state index contributed by atoms with van der Waals surface area (Å²) in [5.74, 6) is 0. The molecule has 0 nitrogen and oxygen atoms in total. The van der Waals surface area contributed by atoms with Crippen molar-refractivity contribution in [3.8, 4) is 20.9 Å². The Kier molecular flexibility index (Phi) is 2.63. The van der Waals surface area contributed by atoms with Gasteiger partial charge in [-0.25, -0.2) is 0 Å². The number of hydrogen-bond acceptors (Lipinski definition) is 2. The summed E-state index contributed by atoms with van der Waals surface area (Å²) in [5.41, 5.74) is 9.03. The van der Waals surface area contributed by atoms with E-state index in [4.69, 9.17) is 0 Å². The number of rotatable bonds is 0. The molecule has 0 N–H and O–H groups in total. The lowest BCUT2D eigenvalue weighted by Crippen LogP contribution is -2.15. The van der Waals surface area contributed by atoms with E-state index in [1.165, 1.54) is 53.9 Å². The lowest BCUT2D eigenvalue weighted by atomic mass is 9.80. The maximum Gasteiger partial charge on any atom is 0.0386 e. The molecule has 4 aromatic rings. The molecule has 0 spiro atoms. The first-order valence-electron chi connectivity index (χ1n) is 9.18. The molecule has 0 radical (unpaired) electrons. The van der Waals surface area contributed by atoms with Crippen molar-refractivity contribution in [3.63, 3.8) is 0 Å². The summed E-state index contributed by atoms with van der Waals surface area (Å²) >= 11 is 3.77. The van der Waals surface area contributed by atoms with E-state index >= 15 is 0 Å². The molecule has 0 saturated heterocycles. The molecule has 2 aromatic carbocycles. The van der Waals surface area contributed by atoms with Gasteiger partial charge in [-0.15, -0.1) is 22.7 Å². The maximum atomic E-state index is 2.45. The number of thiophene rings is 2. The normalized spacial score (nSPS) is 17.8. The summed E-state index contributed by atoms with van der Waals surface area (Å²) in [7, 11) is 0. The summed E-state index contributed by atoms with van der Waals surface area (Å²) in [6.45, 7) is 9.46. The smallest absolute Gasteiger partial charge is 0.0386 e. The van der Waals surface area contributed by atoms with Crippen LogP contribution >= 0.6 is 22.7 Å². The van der Waals surface area contributed by atoms with Gasteiger partial charge in [0.15, 0.2) is 0 Å². The second kappa shape index (κ2) is 4.49. The fourth-order valence-corrected chi connectivity index (χ4v) is 7.24.